The Labute approximate surface area is 184 Å². The number of H-pyrrole nitrogens is 1. The van der Waals surface area contributed by atoms with Gasteiger partial charge < -0.3 is 14.9 Å². The van der Waals surface area contributed by atoms with Gasteiger partial charge in [-0.3, -0.25) is 0 Å². The standard InChI is InChI=1S/C24H20Cl2N4/c25-18-10-9-16(20(26)11-18)14-30-15-17(19-5-1-4-8-23(19)30)12-27-13-24-28-21-6-2-3-7-22(21)29-24/h1-11,15,27H,12-14H2,(H,28,29). The van der Waals surface area contributed by atoms with Gasteiger partial charge in [-0.05, 0) is 41.5 Å². The van der Waals surface area contributed by atoms with E-state index in [1.54, 1.807) is 6.07 Å². The molecule has 150 valence electrons. The first-order valence-electron chi connectivity index (χ1n) is 9.82. The number of rotatable bonds is 6. The van der Waals surface area contributed by atoms with E-state index < -0.39 is 0 Å². The average molecular weight is 435 g/mol. The molecule has 0 aliphatic rings. The zero-order valence-electron chi connectivity index (χ0n) is 16.2. The third-order valence-corrected chi connectivity index (χ3v) is 5.86. The summed E-state index contributed by atoms with van der Waals surface area (Å²) in [6.45, 7) is 2.12. The highest BCUT2D eigenvalue weighted by Gasteiger charge is 2.10. The number of benzene rings is 3. The zero-order valence-corrected chi connectivity index (χ0v) is 17.7. The average Bonchev–Trinajstić information content (AvgIpc) is 3.31. The van der Waals surface area contributed by atoms with E-state index in [2.05, 4.69) is 50.3 Å². The monoisotopic (exact) mass is 434 g/mol. The maximum atomic E-state index is 6.40. The van der Waals surface area contributed by atoms with Crippen LogP contribution in [0.2, 0.25) is 10.0 Å². The lowest BCUT2D eigenvalue weighted by Crippen LogP contribution is -2.13. The predicted octanol–water partition coefficient (Wildman–Crippen LogP) is 6.16. The molecule has 6 heteroatoms. The zero-order chi connectivity index (χ0) is 20.5. The minimum absolute atomic E-state index is 0.650. The summed E-state index contributed by atoms with van der Waals surface area (Å²) in [5, 5.41) is 6.09. The lowest BCUT2D eigenvalue weighted by atomic mass is 10.2. The van der Waals surface area contributed by atoms with Crippen LogP contribution in [0, 0.1) is 0 Å². The second kappa shape index (κ2) is 8.15. The van der Waals surface area contributed by atoms with Gasteiger partial charge in [-0.2, -0.15) is 0 Å². The molecule has 0 saturated heterocycles. The SMILES string of the molecule is Clc1ccc(Cn2cc(CNCc3nc4ccccc4[nH]3)c3ccccc32)c(Cl)c1. The van der Waals surface area contributed by atoms with Crippen molar-refractivity contribution in [1.29, 1.82) is 0 Å². The molecule has 30 heavy (non-hydrogen) atoms. The summed E-state index contributed by atoms with van der Waals surface area (Å²) in [7, 11) is 0. The first kappa shape index (κ1) is 19.2. The normalized spacial score (nSPS) is 11.5. The van der Waals surface area contributed by atoms with Crippen molar-refractivity contribution in [3.8, 4) is 0 Å². The summed E-state index contributed by atoms with van der Waals surface area (Å²) in [6.07, 6.45) is 2.20. The maximum absolute atomic E-state index is 6.40. The van der Waals surface area contributed by atoms with E-state index in [1.807, 2.05) is 36.4 Å². The Bertz CT molecular complexity index is 1300. The molecule has 0 saturated carbocycles. The van der Waals surface area contributed by atoms with Gasteiger partial charge in [0.05, 0.1) is 17.6 Å². The van der Waals surface area contributed by atoms with E-state index in [9.17, 15) is 0 Å². The van der Waals surface area contributed by atoms with Crippen LogP contribution in [0.25, 0.3) is 21.9 Å². The van der Waals surface area contributed by atoms with Gasteiger partial charge in [0.15, 0.2) is 0 Å². The summed E-state index contributed by atoms with van der Waals surface area (Å²) in [5.74, 6) is 0.938. The molecule has 0 unspecified atom stereocenters. The van der Waals surface area contributed by atoms with E-state index in [1.165, 1.54) is 16.5 Å². The molecule has 0 fully saturated rings. The Morgan fingerprint density at radius 2 is 1.73 bits per heavy atom. The van der Waals surface area contributed by atoms with Crippen LogP contribution in [-0.2, 0) is 19.6 Å². The van der Waals surface area contributed by atoms with Crippen LogP contribution in [-0.4, -0.2) is 14.5 Å². The van der Waals surface area contributed by atoms with Crippen molar-refractivity contribution in [1.82, 2.24) is 19.9 Å². The van der Waals surface area contributed by atoms with E-state index in [4.69, 9.17) is 23.2 Å². The largest absolute Gasteiger partial charge is 0.343 e. The van der Waals surface area contributed by atoms with Crippen LogP contribution in [0.5, 0.6) is 0 Å². The highest BCUT2D eigenvalue weighted by molar-refractivity contribution is 6.35. The summed E-state index contributed by atoms with van der Waals surface area (Å²) < 4.78 is 2.24. The van der Waals surface area contributed by atoms with E-state index in [0.29, 0.717) is 23.1 Å². The fourth-order valence-electron chi connectivity index (χ4n) is 3.83. The number of fused-ring (bicyclic) bond motifs is 2. The second-order valence-electron chi connectivity index (χ2n) is 7.34. The van der Waals surface area contributed by atoms with Gasteiger partial charge in [0.25, 0.3) is 0 Å². The number of hydrogen-bond donors (Lipinski definition) is 2. The van der Waals surface area contributed by atoms with Crippen molar-refractivity contribution in [2.45, 2.75) is 19.6 Å². The fourth-order valence-corrected chi connectivity index (χ4v) is 4.30. The smallest absolute Gasteiger partial charge is 0.121 e. The van der Waals surface area contributed by atoms with Crippen LogP contribution in [0.3, 0.4) is 0 Å². The van der Waals surface area contributed by atoms with E-state index in [0.717, 1.165) is 29.0 Å². The summed E-state index contributed by atoms with van der Waals surface area (Å²) >= 11 is 12.4. The molecule has 0 radical (unpaired) electrons. The molecule has 5 aromatic rings. The molecule has 0 aliphatic carbocycles. The minimum Gasteiger partial charge on any atom is -0.343 e. The van der Waals surface area contributed by atoms with Gasteiger partial charge in [-0.15, -0.1) is 0 Å². The molecule has 0 spiro atoms. The molecule has 2 heterocycles. The van der Waals surface area contributed by atoms with Crippen molar-refractivity contribution >= 4 is 45.1 Å². The number of nitrogens with one attached hydrogen (secondary N) is 2. The number of aromatic amines is 1. The molecule has 0 aliphatic heterocycles. The van der Waals surface area contributed by atoms with Crippen molar-refractivity contribution in [3.63, 3.8) is 0 Å². The van der Waals surface area contributed by atoms with Crippen LogP contribution >= 0.6 is 23.2 Å². The van der Waals surface area contributed by atoms with Gasteiger partial charge >= 0.3 is 0 Å². The third kappa shape index (κ3) is 3.82. The summed E-state index contributed by atoms with van der Waals surface area (Å²) in [5.41, 5.74) is 5.52. The highest BCUT2D eigenvalue weighted by atomic mass is 35.5. The first-order chi connectivity index (χ1) is 14.7. The van der Waals surface area contributed by atoms with Gasteiger partial charge in [0.2, 0.25) is 0 Å². The molecular formula is C24H20Cl2N4. The van der Waals surface area contributed by atoms with E-state index in [-0.39, 0.29) is 0 Å². The molecular weight excluding hydrogens is 415 g/mol. The van der Waals surface area contributed by atoms with Crippen LogP contribution < -0.4 is 5.32 Å². The predicted molar refractivity (Wildman–Crippen MR) is 124 cm³/mol. The molecule has 0 atom stereocenters. The Kier molecular flexibility index (Phi) is 5.21. The molecule has 4 nitrogen and oxygen atoms in total. The lowest BCUT2D eigenvalue weighted by molar-refractivity contribution is 0.670. The number of aromatic nitrogens is 3. The van der Waals surface area contributed by atoms with Gasteiger partial charge in [-0.1, -0.05) is 59.6 Å². The number of para-hydroxylation sites is 3. The first-order valence-corrected chi connectivity index (χ1v) is 10.6. The quantitative estimate of drug-likeness (QED) is 0.335. The van der Waals surface area contributed by atoms with Crippen LogP contribution in [0.4, 0.5) is 0 Å². The summed E-state index contributed by atoms with van der Waals surface area (Å²) in [4.78, 5) is 8.00. The molecule has 5 rings (SSSR count). The molecule has 2 N–H and O–H groups in total. The minimum atomic E-state index is 0.650. The number of halogens is 2. The van der Waals surface area contributed by atoms with Crippen molar-refractivity contribution < 1.29 is 0 Å². The summed E-state index contributed by atoms with van der Waals surface area (Å²) in [6, 6.07) is 22.2. The Hall–Kier alpha value is -2.79. The Morgan fingerprint density at radius 3 is 2.60 bits per heavy atom. The van der Waals surface area contributed by atoms with E-state index >= 15 is 0 Å². The molecule has 2 aromatic heterocycles. The van der Waals surface area contributed by atoms with Crippen LogP contribution in [0.15, 0.2) is 72.9 Å². The Balaban J connectivity index is 1.36. The number of nitrogens with zero attached hydrogens (tertiary/aromatic N) is 2. The fraction of sp³-hybridized carbons (Fsp3) is 0.125. The van der Waals surface area contributed by atoms with Crippen molar-refractivity contribution in [2.75, 3.05) is 0 Å². The van der Waals surface area contributed by atoms with Crippen molar-refractivity contribution in [2.24, 2.45) is 0 Å². The highest BCUT2D eigenvalue weighted by Crippen LogP contribution is 2.26. The second-order valence-corrected chi connectivity index (χ2v) is 8.18. The van der Waals surface area contributed by atoms with Crippen molar-refractivity contribution in [3.05, 3.63) is 99.9 Å². The maximum Gasteiger partial charge on any atom is 0.121 e. The number of imidazole rings is 1. The molecule has 0 amide bonds. The van der Waals surface area contributed by atoms with Crippen LogP contribution in [0.1, 0.15) is 17.0 Å². The van der Waals surface area contributed by atoms with Gasteiger partial charge in [0.1, 0.15) is 5.82 Å². The topological polar surface area (TPSA) is 45.6 Å². The Morgan fingerprint density at radius 1 is 0.900 bits per heavy atom. The number of hydrogen-bond acceptors (Lipinski definition) is 2. The van der Waals surface area contributed by atoms with Gasteiger partial charge in [0, 0.05) is 40.2 Å². The third-order valence-electron chi connectivity index (χ3n) is 5.27. The lowest BCUT2D eigenvalue weighted by Gasteiger charge is -2.08. The van der Waals surface area contributed by atoms with Gasteiger partial charge in [-0.25, -0.2) is 4.98 Å². The molecule has 3 aromatic carbocycles. The molecule has 0 bridgehead atoms.